The Morgan fingerprint density at radius 3 is 0.333 bits per heavy atom. The Kier molecular flexibility index (Phi) is 306. The minimum atomic E-state index is 0. The molecule has 0 nitrogen and oxygen atoms in total. The third-order valence-corrected chi connectivity index (χ3v) is 0. The summed E-state index contributed by atoms with van der Waals surface area (Å²) >= 11 is 0. The molecule has 0 atom stereocenters. The second-order valence-electron chi connectivity index (χ2n) is 0. The maximum absolute atomic E-state index is 0. The summed E-state index contributed by atoms with van der Waals surface area (Å²) in [5, 5.41) is 0. The largest absolute Gasteiger partial charge is 0 e. The molecule has 0 aromatic heterocycles. The van der Waals surface area contributed by atoms with Gasteiger partial charge in [0, 0.05) is 127 Å². The molecule has 0 N–H and O–H groups in total. The Hall–Kier alpha value is 3.97. The molecule has 0 heterocycles. The first-order valence-corrected chi connectivity index (χ1v) is 0. The van der Waals surface area contributed by atoms with Crippen molar-refractivity contribution in [1.29, 1.82) is 0 Å². The van der Waals surface area contributed by atoms with E-state index in [2.05, 4.69) is 0 Å². The fourth-order valence-electron chi connectivity index (χ4n) is 0. The molecule has 0 aromatic rings. The van der Waals surface area contributed by atoms with Crippen LogP contribution in [0.1, 0.15) is 0 Å². The van der Waals surface area contributed by atoms with Crippen LogP contribution < -0.4 is 0 Å². The molecule has 0 bridgehead atoms. The molecular weight excluding hydrogens is 458 g/mol. The van der Waals surface area contributed by atoms with Crippen molar-refractivity contribution in [2.75, 3.05) is 0 Å². The normalized spacial score (nSPS) is 0. The monoisotopic (exact) mass is 455 g/mol. The first-order chi connectivity index (χ1) is 0. The first kappa shape index (κ1) is 50.9. The molecule has 0 aliphatic rings. The molecular formula is CeCu5. The predicted molar refractivity (Wildman–Crippen MR) is 0 cm³/mol. The zero-order valence-corrected chi connectivity index (χ0v) is 9.86. The van der Waals surface area contributed by atoms with Gasteiger partial charge >= 0.3 is 0 Å². The van der Waals surface area contributed by atoms with E-state index in [0.717, 1.165) is 0 Å². The van der Waals surface area contributed by atoms with Gasteiger partial charge in [-0.1, -0.05) is 0 Å². The Balaban J connectivity index is 0. The smallest absolute Gasteiger partial charge is 0 e. The van der Waals surface area contributed by atoms with Crippen LogP contribution in [0.15, 0.2) is 0 Å². The first-order valence-electron chi connectivity index (χ1n) is 0. The number of hydrogen-bond acceptors (Lipinski definition) is 0. The van der Waals surface area contributed by atoms with Crippen molar-refractivity contribution in [2.24, 2.45) is 0 Å². The minimum absolute atomic E-state index is 0. The molecule has 0 aliphatic heterocycles. The van der Waals surface area contributed by atoms with E-state index < -0.39 is 0 Å². The zero-order valence-electron chi connectivity index (χ0n) is 2.01. The van der Waals surface area contributed by atoms with Gasteiger partial charge in [-0.2, -0.15) is 0 Å². The van der Waals surface area contributed by atoms with Gasteiger partial charge in [0.05, 0.1) is 0 Å². The molecule has 6 heavy (non-hydrogen) atoms. The Bertz CT molecular complexity index is 3.90. The summed E-state index contributed by atoms with van der Waals surface area (Å²) in [5.74, 6) is 0. The van der Waals surface area contributed by atoms with Crippen molar-refractivity contribution in [1.82, 2.24) is 0 Å². The summed E-state index contributed by atoms with van der Waals surface area (Å²) in [6.07, 6.45) is 0. The van der Waals surface area contributed by atoms with Gasteiger partial charge in [0.25, 0.3) is 0 Å². The second-order valence-corrected chi connectivity index (χ2v) is 0. The summed E-state index contributed by atoms with van der Waals surface area (Å²) < 4.78 is 0. The van der Waals surface area contributed by atoms with E-state index in [1.807, 2.05) is 0 Å². The summed E-state index contributed by atoms with van der Waals surface area (Å²) in [7, 11) is 0. The van der Waals surface area contributed by atoms with Crippen LogP contribution in [0.4, 0.5) is 0 Å². The molecule has 6 heteroatoms. The van der Waals surface area contributed by atoms with Crippen molar-refractivity contribution in [3.8, 4) is 0 Å². The van der Waals surface area contributed by atoms with Crippen LogP contribution in [-0.2, 0) is 85.3 Å². The summed E-state index contributed by atoms with van der Waals surface area (Å²) in [5.41, 5.74) is 0. The quantitative estimate of drug-likeness (QED) is 0.449. The molecule has 0 rings (SSSR count). The molecule has 0 aliphatic carbocycles. The SMILES string of the molecule is [Ce].[Cu].[Cu].[Cu].[Cu].[Cu]. The average molecular weight is 458 g/mol. The number of hydrogen-bond donors (Lipinski definition) is 0. The predicted octanol–water partition coefficient (Wildman–Crippen LogP) is -0.0125. The van der Waals surface area contributed by atoms with Crippen molar-refractivity contribution >= 4 is 0 Å². The van der Waals surface area contributed by atoms with Crippen LogP contribution in [0.25, 0.3) is 0 Å². The topological polar surface area (TPSA) is 0 Å². The van der Waals surface area contributed by atoms with E-state index in [0.29, 0.717) is 0 Å². The van der Waals surface area contributed by atoms with Gasteiger partial charge in [-0.3, -0.25) is 0 Å². The molecule has 0 spiro atoms. The Morgan fingerprint density at radius 2 is 0.333 bits per heavy atom. The summed E-state index contributed by atoms with van der Waals surface area (Å²) in [6, 6.07) is 0. The van der Waals surface area contributed by atoms with Crippen LogP contribution in [-0.4, -0.2) is 0 Å². The van der Waals surface area contributed by atoms with Gasteiger partial charge in [-0.15, -0.1) is 0 Å². The zero-order chi connectivity index (χ0) is 0. The van der Waals surface area contributed by atoms with Gasteiger partial charge in [0.1, 0.15) is 0 Å². The molecule has 5 radical (unpaired) electrons. The van der Waals surface area contributed by atoms with Crippen LogP contribution in [0.3, 0.4) is 0 Å². The second kappa shape index (κ2) is 36.1. The van der Waals surface area contributed by atoms with Crippen molar-refractivity contribution in [3.05, 3.63) is 0 Å². The van der Waals surface area contributed by atoms with Gasteiger partial charge < -0.3 is 0 Å². The fourth-order valence-corrected chi connectivity index (χ4v) is 0. The minimum Gasteiger partial charge on any atom is 0 e. The third kappa shape index (κ3) is 24.6. The van der Waals surface area contributed by atoms with E-state index in [4.69, 9.17) is 0 Å². The molecule has 0 fully saturated rings. The third-order valence-electron chi connectivity index (χ3n) is 0. The van der Waals surface area contributed by atoms with Crippen LogP contribution in [0.5, 0.6) is 0 Å². The van der Waals surface area contributed by atoms with E-state index in [1.54, 1.807) is 0 Å². The Morgan fingerprint density at radius 1 is 0.333 bits per heavy atom. The van der Waals surface area contributed by atoms with Crippen molar-refractivity contribution in [2.45, 2.75) is 0 Å². The molecule has 59 valence electrons. The average Bonchev–Trinajstić information content (AvgIpc) is 0. The van der Waals surface area contributed by atoms with E-state index >= 15 is 0 Å². The fraction of sp³-hybridized carbons (Fsp3) is 0. The van der Waals surface area contributed by atoms with Gasteiger partial charge in [-0.05, 0) is 0 Å². The standard InChI is InChI=1S/Ce.5Cu. The maximum atomic E-state index is 0. The molecule has 0 amide bonds. The molecule has 0 saturated carbocycles. The van der Waals surface area contributed by atoms with E-state index in [9.17, 15) is 0 Å². The van der Waals surface area contributed by atoms with Gasteiger partial charge in [-0.25, -0.2) is 0 Å². The van der Waals surface area contributed by atoms with E-state index in [1.165, 1.54) is 0 Å². The van der Waals surface area contributed by atoms with Crippen molar-refractivity contribution in [3.63, 3.8) is 0 Å². The maximum Gasteiger partial charge on any atom is 0 e. The molecule has 0 saturated heterocycles. The summed E-state index contributed by atoms with van der Waals surface area (Å²) in [6.45, 7) is 0. The van der Waals surface area contributed by atoms with Crippen LogP contribution in [0, 0.1) is 41.7 Å². The molecule has 0 aromatic carbocycles. The summed E-state index contributed by atoms with van der Waals surface area (Å²) in [4.78, 5) is 0. The van der Waals surface area contributed by atoms with Crippen LogP contribution in [0.2, 0.25) is 0 Å². The molecule has 0 unspecified atom stereocenters. The van der Waals surface area contributed by atoms with Crippen LogP contribution >= 0.6 is 0 Å². The van der Waals surface area contributed by atoms with E-state index in [-0.39, 0.29) is 127 Å². The van der Waals surface area contributed by atoms with Gasteiger partial charge in [0.2, 0.25) is 0 Å². The van der Waals surface area contributed by atoms with Crippen molar-refractivity contribution < 1.29 is 127 Å². The Labute approximate surface area is 124 Å². The van der Waals surface area contributed by atoms with Gasteiger partial charge in [0.15, 0.2) is 0 Å². The number of rotatable bonds is 0.